The van der Waals surface area contributed by atoms with E-state index in [0.29, 0.717) is 17.7 Å². The van der Waals surface area contributed by atoms with Crippen molar-refractivity contribution in [2.75, 3.05) is 7.11 Å². The molecule has 0 saturated carbocycles. The molecule has 2 rings (SSSR count). The van der Waals surface area contributed by atoms with Gasteiger partial charge in [-0.05, 0) is 36.2 Å². The Hall–Kier alpha value is -2.69. The molecule has 132 valence electrons. The molecule has 0 N–H and O–H groups in total. The fraction of sp³-hybridized carbons (Fsp3) is 0.350. The van der Waals surface area contributed by atoms with Crippen LogP contribution in [-0.4, -0.2) is 23.4 Å². The average molecular weight is 341 g/mol. The van der Waals surface area contributed by atoms with Crippen molar-refractivity contribution in [2.24, 2.45) is 5.92 Å². The first-order valence-corrected chi connectivity index (χ1v) is 8.20. The summed E-state index contributed by atoms with van der Waals surface area (Å²) in [6.07, 6.45) is 0.655. The van der Waals surface area contributed by atoms with Crippen LogP contribution in [0.5, 0.6) is 5.75 Å². The molecule has 0 radical (unpaired) electrons. The number of hydrogen-bond donors (Lipinski definition) is 0. The van der Waals surface area contributed by atoms with Gasteiger partial charge < -0.3 is 4.74 Å². The number of ether oxygens (including phenoxy) is 1. The number of hydrogen-bond acceptors (Lipinski definition) is 4. The highest BCUT2D eigenvalue weighted by atomic mass is 16.6. The van der Waals surface area contributed by atoms with Crippen molar-refractivity contribution in [1.82, 2.24) is 0 Å². The summed E-state index contributed by atoms with van der Waals surface area (Å²) in [6.45, 7) is 3.12. The first-order valence-electron chi connectivity index (χ1n) is 8.20. The van der Waals surface area contributed by atoms with Crippen LogP contribution in [0.2, 0.25) is 0 Å². The highest BCUT2D eigenvalue weighted by Crippen LogP contribution is 2.27. The maximum absolute atomic E-state index is 13.0. The third-order valence-electron chi connectivity index (χ3n) is 4.31. The summed E-state index contributed by atoms with van der Waals surface area (Å²) < 4.78 is 5.12. The highest BCUT2D eigenvalue weighted by Gasteiger charge is 2.37. The van der Waals surface area contributed by atoms with E-state index in [1.807, 2.05) is 30.3 Å². The lowest BCUT2D eigenvalue weighted by atomic mass is 9.82. The summed E-state index contributed by atoms with van der Waals surface area (Å²) in [6, 6.07) is 16.5. The summed E-state index contributed by atoms with van der Waals surface area (Å²) in [5.41, 5.74) is 0.371. The van der Waals surface area contributed by atoms with Gasteiger partial charge in [0.15, 0.2) is 5.78 Å². The van der Waals surface area contributed by atoms with Gasteiger partial charge in [0.05, 0.1) is 7.11 Å². The van der Waals surface area contributed by atoms with Gasteiger partial charge in [0, 0.05) is 36.7 Å². The third kappa shape index (κ3) is 4.89. The van der Waals surface area contributed by atoms with Crippen molar-refractivity contribution in [3.8, 4) is 5.75 Å². The van der Waals surface area contributed by atoms with Gasteiger partial charge in [0.2, 0.25) is 5.54 Å². The van der Waals surface area contributed by atoms with E-state index in [-0.39, 0.29) is 17.1 Å². The topological polar surface area (TPSA) is 69.4 Å². The van der Waals surface area contributed by atoms with Crippen LogP contribution in [0.1, 0.15) is 36.2 Å². The Morgan fingerprint density at radius 3 is 2.24 bits per heavy atom. The molecule has 5 heteroatoms. The van der Waals surface area contributed by atoms with Gasteiger partial charge in [-0.25, -0.2) is 0 Å². The van der Waals surface area contributed by atoms with Gasteiger partial charge in [0.25, 0.3) is 0 Å². The third-order valence-corrected chi connectivity index (χ3v) is 4.31. The second-order valence-electron chi connectivity index (χ2n) is 6.75. The fourth-order valence-electron chi connectivity index (χ4n) is 2.82. The van der Waals surface area contributed by atoms with Crippen LogP contribution >= 0.6 is 0 Å². The number of ketones is 1. The molecule has 25 heavy (non-hydrogen) atoms. The van der Waals surface area contributed by atoms with E-state index in [1.54, 1.807) is 45.2 Å². The minimum absolute atomic E-state index is 0.0820. The molecule has 0 aliphatic carbocycles. The second kappa shape index (κ2) is 7.92. The maximum Gasteiger partial charge on any atom is 0.217 e. The number of rotatable bonds is 8. The Labute approximate surface area is 147 Å². The molecule has 0 fully saturated rings. The van der Waals surface area contributed by atoms with Crippen molar-refractivity contribution in [1.29, 1.82) is 0 Å². The van der Waals surface area contributed by atoms with Crippen LogP contribution in [0.3, 0.4) is 0 Å². The Balaban J connectivity index is 2.28. The van der Waals surface area contributed by atoms with Crippen molar-refractivity contribution < 1.29 is 14.5 Å². The zero-order valence-electron chi connectivity index (χ0n) is 14.8. The summed E-state index contributed by atoms with van der Waals surface area (Å²) >= 11 is 0. The largest absolute Gasteiger partial charge is 0.497 e. The van der Waals surface area contributed by atoms with Crippen molar-refractivity contribution in [3.63, 3.8) is 0 Å². The maximum atomic E-state index is 13.0. The first-order chi connectivity index (χ1) is 11.8. The fourth-order valence-corrected chi connectivity index (χ4v) is 2.82. The molecule has 1 unspecified atom stereocenters. The normalized spacial score (nSPS) is 12.4. The van der Waals surface area contributed by atoms with Gasteiger partial charge in [-0.1, -0.05) is 30.3 Å². The SMILES string of the molecule is COc1ccc(C(=O)C(Cc2ccccc2)CC(C)(C)[N+](=O)[O-])cc1. The number of methoxy groups -OCH3 is 1. The monoisotopic (exact) mass is 341 g/mol. The molecule has 2 aromatic rings. The summed E-state index contributed by atoms with van der Waals surface area (Å²) in [5, 5.41) is 11.3. The predicted molar refractivity (Wildman–Crippen MR) is 96.7 cm³/mol. The molecule has 0 spiro atoms. The Morgan fingerprint density at radius 2 is 1.72 bits per heavy atom. The van der Waals surface area contributed by atoms with E-state index < -0.39 is 11.5 Å². The van der Waals surface area contributed by atoms with E-state index in [2.05, 4.69) is 0 Å². The van der Waals surface area contributed by atoms with Crippen LogP contribution in [-0.2, 0) is 6.42 Å². The van der Waals surface area contributed by atoms with Crippen molar-refractivity contribution in [2.45, 2.75) is 32.2 Å². The van der Waals surface area contributed by atoms with Crippen LogP contribution in [0.4, 0.5) is 0 Å². The quantitative estimate of drug-likeness (QED) is 0.410. The second-order valence-corrected chi connectivity index (χ2v) is 6.75. The standard InChI is InChI=1S/C20H23NO4/c1-20(2,21(23)24)14-17(13-15-7-5-4-6-8-15)19(22)16-9-11-18(25-3)12-10-16/h4-12,17H,13-14H2,1-3H3. The van der Waals surface area contributed by atoms with Gasteiger partial charge in [-0.2, -0.15) is 0 Å². The zero-order chi connectivity index (χ0) is 18.4. The van der Waals surface area contributed by atoms with Gasteiger partial charge in [-0.3, -0.25) is 14.9 Å². The van der Waals surface area contributed by atoms with Crippen molar-refractivity contribution >= 4 is 5.78 Å². The molecule has 0 bridgehead atoms. The number of Topliss-reactive ketones (excluding diaryl/α,β-unsaturated/α-hetero) is 1. The number of benzene rings is 2. The van der Waals surface area contributed by atoms with E-state index in [1.165, 1.54) is 0 Å². The number of carbonyl (C=O) groups excluding carboxylic acids is 1. The summed E-state index contributed by atoms with van der Waals surface area (Å²) in [4.78, 5) is 24.0. The molecule has 2 aromatic carbocycles. The smallest absolute Gasteiger partial charge is 0.217 e. The number of carbonyl (C=O) groups is 1. The minimum atomic E-state index is -1.17. The van der Waals surface area contributed by atoms with Crippen LogP contribution < -0.4 is 4.74 Å². The molecule has 1 atom stereocenters. The zero-order valence-corrected chi connectivity index (χ0v) is 14.8. The lowest BCUT2D eigenvalue weighted by Gasteiger charge is -2.22. The Bertz CT molecular complexity index is 723. The van der Waals surface area contributed by atoms with Gasteiger partial charge in [-0.15, -0.1) is 0 Å². The molecular weight excluding hydrogens is 318 g/mol. The van der Waals surface area contributed by atoms with E-state index in [4.69, 9.17) is 4.74 Å². The number of nitro groups is 1. The lowest BCUT2D eigenvalue weighted by molar-refractivity contribution is -0.562. The minimum Gasteiger partial charge on any atom is -0.497 e. The molecule has 0 aromatic heterocycles. The van der Waals surface area contributed by atoms with E-state index in [0.717, 1.165) is 5.56 Å². The molecule has 0 saturated heterocycles. The lowest BCUT2D eigenvalue weighted by Crippen LogP contribution is -2.36. The molecule has 0 amide bonds. The molecule has 0 aliphatic heterocycles. The predicted octanol–water partition coefficient (Wildman–Crippen LogP) is 4.18. The van der Waals surface area contributed by atoms with Gasteiger partial charge in [0.1, 0.15) is 5.75 Å². The van der Waals surface area contributed by atoms with Crippen LogP contribution in [0.15, 0.2) is 54.6 Å². The highest BCUT2D eigenvalue weighted by molar-refractivity contribution is 5.98. The van der Waals surface area contributed by atoms with Crippen LogP contribution in [0.25, 0.3) is 0 Å². The summed E-state index contributed by atoms with van der Waals surface area (Å²) in [5.74, 6) is 0.124. The van der Waals surface area contributed by atoms with E-state index in [9.17, 15) is 14.9 Å². The van der Waals surface area contributed by atoms with Crippen LogP contribution in [0, 0.1) is 16.0 Å². The Kier molecular flexibility index (Phi) is 5.91. The molecular formula is C20H23NO4. The van der Waals surface area contributed by atoms with Gasteiger partial charge >= 0.3 is 0 Å². The average Bonchev–Trinajstić information content (AvgIpc) is 2.61. The van der Waals surface area contributed by atoms with Crippen molar-refractivity contribution in [3.05, 3.63) is 75.8 Å². The molecule has 0 heterocycles. The van der Waals surface area contributed by atoms with E-state index >= 15 is 0 Å². The summed E-state index contributed by atoms with van der Waals surface area (Å²) in [7, 11) is 1.56. The molecule has 5 nitrogen and oxygen atoms in total. The molecule has 0 aliphatic rings. The first kappa shape index (κ1) is 18.6. The number of nitrogens with zero attached hydrogens (tertiary/aromatic N) is 1. The Morgan fingerprint density at radius 1 is 1.12 bits per heavy atom.